The van der Waals surface area contributed by atoms with Crippen LogP contribution in [0.2, 0.25) is 0 Å². The maximum atomic E-state index is 13.4. The fourth-order valence-electron chi connectivity index (χ4n) is 4.36. The highest BCUT2D eigenvalue weighted by molar-refractivity contribution is 5.44. The Kier molecular flexibility index (Phi) is 6.24. The predicted octanol–water partition coefficient (Wildman–Crippen LogP) is 4.03. The van der Waals surface area contributed by atoms with E-state index in [0.29, 0.717) is 11.6 Å². The number of halogens is 1. The molecule has 0 unspecified atom stereocenters. The highest BCUT2D eigenvalue weighted by atomic mass is 19.1. The lowest BCUT2D eigenvalue weighted by Crippen LogP contribution is -2.45. The summed E-state index contributed by atoms with van der Waals surface area (Å²) in [7, 11) is 2.14. The van der Waals surface area contributed by atoms with Crippen molar-refractivity contribution in [2.75, 3.05) is 44.7 Å². The first-order valence-corrected chi connectivity index (χ1v) is 11.6. The molecule has 0 spiro atoms. The van der Waals surface area contributed by atoms with Crippen molar-refractivity contribution in [1.29, 1.82) is 0 Å². The lowest BCUT2D eigenvalue weighted by molar-refractivity contribution is 0.238. The van der Waals surface area contributed by atoms with Gasteiger partial charge in [0.2, 0.25) is 11.8 Å². The molecule has 0 aliphatic carbocycles. The molecule has 1 aromatic heterocycles. The summed E-state index contributed by atoms with van der Waals surface area (Å²) in [6.07, 6.45) is 0.851. The van der Waals surface area contributed by atoms with Gasteiger partial charge in [0.05, 0.1) is 11.3 Å². The van der Waals surface area contributed by atoms with Gasteiger partial charge in [-0.1, -0.05) is 29.8 Å². The highest BCUT2D eigenvalue weighted by Gasteiger charge is 2.26. The summed E-state index contributed by atoms with van der Waals surface area (Å²) in [5.41, 5.74) is 4.63. The van der Waals surface area contributed by atoms with Gasteiger partial charge in [-0.25, -0.2) is 9.37 Å². The van der Waals surface area contributed by atoms with E-state index in [2.05, 4.69) is 52.9 Å². The molecule has 2 aliphatic rings. The van der Waals surface area contributed by atoms with Crippen molar-refractivity contribution in [3.63, 3.8) is 0 Å². The normalized spacial score (nSPS) is 17.1. The molecule has 0 amide bonds. The lowest BCUT2D eigenvalue weighted by Gasteiger charge is -2.34. The lowest BCUT2D eigenvalue weighted by atomic mass is 10.1. The second kappa shape index (κ2) is 9.45. The minimum absolute atomic E-state index is 0.283. The van der Waals surface area contributed by atoms with E-state index < -0.39 is 0 Å². The van der Waals surface area contributed by atoms with E-state index in [1.165, 1.54) is 23.3 Å². The molecule has 6 nitrogen and oxygen atoms in total. The molecular weight excluding hydrogens is 417 g/mol. The first-order chi connectivity index (χ1) is 16.0. The van der Waals surface area contributed by atoms with Crippen molar-refractivity contribution in [2.24, 2.45) is 0 Å². The molecule has 33 heavy (non-hydrogen) atoms. The van der Waals surface area contributed by atoms with Crippen molar-refractivity contribution >= 4 is 5.95 Å². The monoisotopic (exact) mass is 447 g/mol. The molecule has 0 atom stereocenters. The maximum absolute atomic E-state index is 13.4. The number of aromatic nitrogens is 2. The summed E-state index contributed by atoms with van der Waals surface area (Å²) in [4.78, 5) is 16.8. The number of nitrogens with zero attached hydrogens (tertiary/aromatic N) is 5. The third-order valence-corrected chi connectivity index (χ3v) is 6.43. The average Bonchev–Trinajstić information content (AvgIpc) is 2.82. The van der Waals surface area contributed by atoms with Gasteiger partial charge in [0, 0.05) is 52.2 Å². The molecule has 2 aliphatic heterocycles. The first kappa shape index (κ1) is 21.8. The minimum Gasteiger partial charge on any atom is -0.438 e. The number of anilines is 1. The van der Waals surface area contributed by atoms with Crippen LogP contribution in [0.25, 0.3) is 0 Å². The summed E-state index contributed by atoms with van der Waals surface area (Å²) >= 11 is 0. The van der Waals surface area contributed by atoms with Gasteiger partial charge < -0.3 is 14.5 Å². The molecule has 5 rings (SSSR count). The summed E-state index contributed by atoms with van der Waals surface area (Å²) in [6.45, 7) is 8.40. The molecule has 1 fully saturated rings. The van der Waals surface area contributed by atoms with Gasteiger partial charge >= 0.3 is 0 Å². The van der Waals surface area contributed by atoms with Gasteiger partial charge in [-0.05, 0) is 43.8 Å². The van der Waals surface area contributed by atoms with Gasteiger partial charge in [0.15, 0.2) is 0 Å². The summed E-state index contributed by atoms with van der Waals surface area (Å²) < 4.78 is 19.6. The van der Waals surface area contributed by atoms with Crippen LogP contribution < -0.4 is 9.64 Å². The van der Waals surface area contributed by atoms with E-state index in [1.807, 2.05) is 0 Å². The van der Waals surface area contributed by atoms with E-state index in [-0.39, 0.29) is 5.82 Å². The van der Waals surface area contributed by atoms with Gasteiger partial charge in [-0.2, -0.15) is 4.98 Å². The molecular formula is C26H30FN5O. The SMILES string of the molecule is Cc1ccc(CN2CCc3nc(N4CCN(C)CC4)nc(Oc4ccc(F)cc4)c3C2)cc1. The molecule has 172 valence electrons. The van der Waals surface area contributed by atoms with Crippen molar-refractivity contribution in [2.45, 2.75) is 26.4 Å². The van der Waals surface area contributed by atoms with Crippen molar-refractivity contribution in [1.82, 2.24) is 19.8 Å². The quantitative estimate of drug-likeness (QED) is 0.589. The number of hydrogen-bond acceptors (Lipinski definition) is 6. The number of hydrogen-bond donors (Lipinski definition) is 0. The number of ether oxygens (including phenoxy) is 1. The Labute approximate surface area is 194 Å². The van der Waals surface area contributed by atoms with Crippen molar-refractivity contribution in [3.05, 3.63) is 76.7 Å². The third kappa shape index (κ3) is 5.15. The Morgan fingerprint density at radius 2 is 1.64 bits per heavy atom. The number of likely N-dealkylation sites (N-methyl/N-ethyl adjacent to an activating group) is 1. The highest BCUT2D eigenvalue weighted by Crippen LogP contribution is 2.32. The fraction of sp³-hybridized carbons (Fsp3) is 0.385. The standard InChI is InChI=1S/C26H30FN5O/c1-19-3-5-20(6-4-19)17-31-12-11-24-23(18-31)25(33-22-9-7-21(27)8-10-22)29-26(28-24)32-15-13-30(2)14-16-32/h3-10H,11-18H2,1-2H3. The molecule has 3 aromatic rings. The number of aryl methyl sites for hydroxylation is 1. The van der Waals surface area contributed by atoms with Crippen LogP contribution in [0, 0.1) is 12.7 Å². The number of fused-ring (bicyclic) bond motifs is 1. The van der Waals surface area contributed by atoms with Gasteiger partial charge in [0.1, 0.15) is 11.6 Å². The summed E-state index contributed by atoms with van der Waals surface area (Å²) in [5, 5.41) is 0. The third-order valence-electron chi connectivity index (χ3n) is 6.43. The zero-order valence-electron chi connectivity index (χ0n) is 19.3. The molecule has 7 heteroatoms. The van der Waals surface area contributed by atoms with E-state index in [1.54, 1.807) is 12.1 Å². The second-order valence-corrected chi connectivity index (χ2v) is 9.05. The van der Waals surface area contributed by atoms with Crippen molar-refractivity contribution < 1.29 is 9.13 Å². The molecule has 1 saturated heterocycles. The van der Waals surface area contributed by atoms with Gasteiger partial charge in [-0.15, -0.1) is 0 Å². The molecule has 0 N–H and O–H groups in total. The summed E-state index contributed by atoms with van der Waals surface area (Å²) in [6, 6.07) is 14.8. The van der Waals surface area contributed by atoms with Crippen LogP contribution >= 0.6 is 0 Å². The summed E-state index contributed by atoms with van der Waals surface area (Å²) in [5.74, 6) is 1.60. The molecule has 3 heterocycles. The topological polar surface area (TPSA) is 44.7 Å². The second-order valence-electron chi connectivity index (χ2n) is 9.05. The van der Waals surface area contributed by atoms with Crippen LogP contribution in [0.5, 0.6) is 11.6 Å². The largest absolute Gasteiger partial charge is 0.438 e. The number of piperazine rings is 1. The zero-order chi connectivity index (χ0) is 22.8. The van der Waals surface area contributed by atoms with E-state index in [0.717, 1.165) is 69.4 Å². The van der Waals surface area contributed by atoms with Crippen molar-refractivity contribution in [3.8, 4) is 11.6 Å². The van der Waals surface area contributed by atoms with E-state index in [9.17, 15) is 4.39 Å². The van der Waals surface area contributed by atoms with Gasteiger partial charge in [-0.3, -0.25) is 4.90 Å². The number of benzene rings is 2. The molecule has 2 aromatic carbocycles. The van der Waals surface area contributed by atoms with E-state index >= 15 is 0 Å². The molecule has 0 saturated carbocycles. The van der Waals surface area contributed by atoms with Crippen LogP contribution in [-0.4, -0.2) is 59.5 Å². The van der Waals surface area contributed by atoms with Crippen LogP contribution in [0.4, 0.5) is 10.3 Å². The number of rotatable bonds is 5. The minimum atomic E-state index is -0.283. The van der Waals surface area contributed by atoms with Crippen LogP contribution in [0.1, 0.15) is 22.4 Å². The predicted molar refractivity (Wildman–Crippen MR) is 127 cm³/mol. The van der Waals surface area contributed by atoms with Crippen LogP contribution in [0.15, 0.2) is 48.5 Å². The van der Waals surface area contributed by atoms with Gasteiger partial charge in [0.25, 0.3) is 0 Å². The Morgan fingerprint density at radius 3 is 2.36 bits per heavy atom. The Bertz CT molecular complexity index is 1090. The zero-order valence-corrected chi connectivity index (χ0v) is 19.3. The van der Waals surface area contributed by atoms with Crippen LogP contribution in [-0.2, 0) is 19.5 Å². The van der Waals surface area contributed by atoms with Crippen LogP contribution in [0.3, 0.4) is 0 Å². The Hall–Kier alpha value is -3.03. The average molecular weight is 448 g/mol. The maximum Gasteiger partial charge on any atom is 0.228 e. The smallest absolute Gasteiger partial charge is 0.228 e. The first-order valence-electron chi connectivity index (χ1n) is 11.6. The molecule has 0 bridgehead atoms. The molecule has 0 radical (unpaired) electrons. The Balaban J connectivity index is 1.43. The van der Waals surface area contributed by atoms with E-state index in [4.69, 9.17) is 14.7 Å². The fourth-order valence-corrected chi connectivity index (χ4v) is 4.36. The Morgan fingerprint density at radius 1 is 0.909 bits per heavy atom.